The molecular formula is C11H17O19P3. The Morgan fingerprint density at radius 3 is 1.21 bits per heavy atom. The van der Waals surface area contributed by atoms with Gasteiger partial charge in [-0.15, -0.1) is 0 Å². The quantitative estimate of drug-likeness (QED) is 0.104. The Morgan fingerprint density at radius 2 is 1.03 bits per heavy atom. The molecule has 190 valence electrons. The van der Waals surface area contributed by atoms with Crippen molar-refractivity contribution in [1.82, 2.24) is 0 Å². The summed E-state index contributed by atoms with van der Waals surface area (Å²) in [6, 6.07) is 0. The molecule has 0 fully saturated rings. The van der Waals surface area contributed by atoms with Gasteiger partial charge in [0.15, 0.2) is 5.66 Å². The molecule has 0 aliphatic rings. The summed E-state index contributed by atoms with van der Waals surface area (Å²) in [5, 5.41) is 46.0. The summed E-state index contributed by atoms with van der Waals surface area (Å²) < 4.78 is 36.2. The van der Waals surface area contributed by atoms with Gasteiger partial charge in [-0.05, 0) is 0 Å². The van der Waals surface area contributed by atoms with Crippen LogP contribution in [-0.2, 0) is 37.7 Å². The normalized spacial score (nSPS) is 16.8. The van der Waals surface area contributed by atoms with Gasteiger partial charge in [0.05, 0.1) is 18.3 Å². The van der Waals surface area contributed by atoms with Crippen LogP contribution in [-0.4, -0.2) is 95.3 Å². The van der Waals surface area contributed by atoms with E-state index in [0.29, 0.717) is 0 Å². The Kier molecular flexibility index (Phi) is 9.30. The lowest BCUT2D eigenvalue weighted by Gasteiger charge is -2.44. The second kappa shape index (κ2) is 9.97. The van der Waals surface area contributed by atoms with Crippen molar-refractivity contribution in [2.75, 3.05) is 0 Å². The Bertz CT molecular complexity index is 959. The van der Waals surface area contributed by atoms with Crippen molar-refractivity contribution in [3.05, 3.63) is 0 Å². The molecule has 33 heavy (non-hydrogen) atoms. The molecule has 0 saturated heterocycles. The summed E-state index contributed by atoms with van der Waals surface area (Å²) in [4.78, 5) is 110. The summed E-state index contributed by atoms with van der Waals surface area (Å²) in [6.45, 7) is 0. The van der Waals surface area contributed by atoms with E-state index in [-0.39, 0.29) is 0 Å². The molecule has 0 radical (unpaired) electrons. The molecule has 19 nitrogen and oxygen atoms in total. The van der Waals surface area contributed by atoms with E-state index < -0.39 is 87.4 Å². The van der Waals surface area contributed by atoms with Crippen molar-refractivity contribution < 1.29 is 92.6 Å². The summed E-state index contributed by atoms with van der Waals surface area (Å²) in [5.41, 5.74) is -3.73. The first-order chi connectivity index (χ1) is 14.5. The highest BCUT2D eigenvalue weighted by Gasteiger charge is 2.76. The van der Waals surface area contributed by atoms with Gasteiger partial charge in [-0.3, -0.25) is 37.7 Å². The van der Waals surface area contributed by atoms with Gasteiger partial charge in [0, 0.05) is 0 Å². The number of hydrogen-bond acceptors (Lipinski definition) is 8. The SMILES string of the molecule is O=C(O)CC(C(=O)O)C(C(C(=O)O)C(C(=O)O)C(C(=O)O)P(=O)(O)O)(P(=O)(O)O)P(=O)(O)O. The van der Waals surface area contributed by atoms with Gasteiger partial charge in [0.25, 0.3) is 0 Å². The average Bonchev–Trinajstić information content (AvgIpc) is 2.51. The minimum atomic E-state index is -7.02. The Morgan fingerprint density at radius 1 is 0.636 bits per heavy atom. The van der Waals surface area contributed by atoms with Crippen LogP contribution in [0.1, 0.15) is 6.42 Å². The minimum Gasteiger partial charge on any atom is -0.481 e. The van der Waals surface area contributed by atoms with Crippen LogP contribution in [0.25, 0.3) is 0 Å². The van der Waals surface area contributed by atoms with E-state index in [1.165, 1.54) is 0 Å². The fourth-order valence-corrected chi connectivity index (χ4v) is 8.16. The first-order valence-electron chi connectivity index (χ1n) is 7.75. The fourth-order valence-electron chi connectivity index (χ4n) is 3.31. The molecule has 4 atom stereocenters. The molecule has 0 aromatic carbocycles. The third-order valence-corrected chi connectivity index (χ3v) is 10.3. The highest BCUT2D eigenvalue weighted by atomic mass is 31.2. The van der Waals surface area contributed by atoms with Gasteiger partial charge in [0.2, 0.25) is 4.90 Å². The maximum Gasteiger partial charge on any atom is 0.345 e. The maximum absolute atomic E-state index is 12.3. The number of carboxylic acids is 5. The van der Waals surface area contributed by atoms with Crippen molar-refractivity contribution in [3.8, 4) is 0 Å². The number of carboxylic acid groups (broad SMARTS) is 5. The zero-order valence-corrected chi connectivity index (χ0v) is 18.2. The van der Waals surface area contributed by atoms with Crippen molar-refractivity contribution in [2.24, 2.45) is 17.8 Å². The minimum absolute atomic E-state index is 2.14. The molecule has 0 aromatic rings. The molecule has 0 aliphatic heterocycles. The molecule has 0 spiro atoms. The Hall–Kier alpha value is -2.20. The molecule has 0 aliphatic carbocycles. The molecule has 22 heteroatoms. The second-order valence-corrected chi connectivity index (χ2v) is 12.2. The number of rotatable bonds is 13. The van der Waals surface area contributed by atoms with E-state index in [0.717, 1.165) is 0 Å². The number of carbonyl (C=O) groups is 5. The fraction of sp³-hybridized carbons (Fsp3) is 0.545. The van der Waals surface area contributed by atoms with Crippen molar-refractivity contribution in [3.63, 3.8) is 0 Å². The standard InChI is InChI=1S/C11H17O19P3/c12-3(13)1-2(7(14)15)11(32(25,26)27,33(28,29)30)5(9(18)19)4(8(16)17)6(10(20)21)31(22,23)24/h2,4-6H,1H2,(H,12,13)(H,14,15)(H,16,17)(H,18,19)(H,20,21)(H2,22,23,24)(H2,25,26,27)(H2,28,29,30). The van der Waals surface area contributed by atoms with Crippen LogP contribution >= 0.6 is 22.8 Å². The molecule has 11 N–H and O–H groups in total. The monoisotopic (exact) mass is 546 g/mol. The molecule has 0 rings (SSSR count). The second-order valence-electron chi connectivity index (χ2n) is 6.41. The molecule has 0 amide bonds. The van der Waals surface area contributed by atoms with Crippen molar-refractivity contribution in [2.45, 2.75) is 17.0 Å². The Labute approximate surface area is 180 Å². The van der Waals surface area contributed by atoms with Gasteiger partial charge in [0.1, 0.15) is 5.92 Å². The molecular weight excluding hydrogens is 529 g/mol. The molecule has 0 aromatic heterocycles. The Balaban J connectivity index is 8.11. The summed E-state index contributed by atoms with van der Waals surface area (Å²) in [7, 11) is -20.3. The summed E-state index contributed by atoms with van der Waals surface area (Å²) in [6.07, 6.45) is -2.14. The van der Waals surface area contributed by atoms with E-state index in [2.05, 4.69) is 0 Å². The molecule has 4 unspecified atom stereocenters. The van der Waals surface area contributed by atoms with Gasteiger partial charge < -0.3 is 54.9 Å². The first-order valence-corrected chi connectivity index (χ1v) is 12.7. The first kappa shape index (κ1) is 30.8. The van der Waals surface area contributed by atoms with Crippen LogP contribution in [0.15, 0.2) is 0 Å². The maximum atomic E-state index is 12.3. The largest absolute Gasteiger partial charge is 0.481 e. The van der Waals surface area contributed by atoms with Crippen LogP contribution in [0.3, 0.4) is 0 Å². The van der Waals surface area contributed by atoms with Gasteiger partial charge in [-0.2, -0.15) is 0 Å². The zero-order chi connectivity index (χ0) is 26.9. The highest BCUT2D eigenvalue weighted by Crippen LogP contribution is 2.77. The van der Waals surface area contributed by atoms with Gasteiger partial charge in [-0.25, -0.2) is 0 Å². The zero-order valence-electron chi connectivity index (χ0n) is 15.5. The molecule has 0 bridgehead atoms. The lowest BCUT2D eigenvalue weighted by atomic mass is 9.79. The van der Waals surface area contributed by atoms with E-state index >= 15 is 0 Å². The van der Waals surface area contributed by atoms with Gasteiger partial charge >= 0.3 is 52.6 Å². The number of hydrogen-bond donors (Lipinski definition) is 11. The highest BCUT2D eigenvalue weighted by molar-refractivity contribution is 7.72. The van der Waals surface area contributed by atoms with E-state index in [4.69, 9.17) is 10.2 Å². The lowest BCUT2D eigenvalue weighted by Crippen LogP contribution is -2.58. The van der Waals surface area contributed by atoms with Crippen molar-refractivity contribution in [1.29, 1.82) is 0 Å². The van der Waals surface area contributed by atoms with Crippen LogP contribution in [0.4, 0.5) is 0 Å². The lowest BCUT2D eigenvalue weighted by molar-refractivity contribution is -0.161. The van der Waals surface area contributed by atoms with Crippen LogP contribution < -0.4 is 0 Å². The van der Waals surface area contributed by atoms with Crippen LogP contribution in [0.2, 0.25) is 0 Å². The smallest absolute Gasteiger partial charge is 0.345 e. The molecule has 0 saturated carbocycles. The van der Waals surface area contributed by atoms with Gasteiger partial charge in [-0.1, -0.05) is 0 Å². The predicted molar refractivity (Wildman–Crippen MR) is 95.9 cm³/mol. The predicted octanol–water partition coefficient (Wildman–Crippen LogP) is -2.75. The van der Waals surface area contributed by atoms with E-state index in [1.807, 2.05) is 0 Å². The van der Waals surface area contributed by atoms with E-state index in [1.54, 1.807) is 0 Å². The topological polar surface area (TPSA) is 359 Å². The van der Waals surface area contributed by atoms with Crippen LogP contribution in [0, 0.1) is 17.8 Å². The molecule has 0 heterocycles. The van der Waals surface area contributed by atoms with Crippen LogP contribution in [0.5, 0.6) is 0 Å². The van der Waals surface area contributed by atoms with Crippen molar-refractivity contribution >= 4 is 52.6 Å². The third-order valence-electron chi connectivity index (χ3n) is 4.45. The third kappa shape index (κ3) is 6.03. The summed E-state index contributed by atoms with van der Waals surface area (Å²) >= 11 is 0. The van der Waals surface area contributed by atoms with E-state index in [9.17, 15) is 82.3 Å². The number of aliphatic carboxylic acids is 5. The summed E-state index contributed by atoms with van der Waals surface area (Å²) in [5.74, 6) is -25.3. The average molecular weight is 546 g/mol.